The Labute approximate surface area is 412 Å². The second-order valence-electron chi connectivity index (χ2n) is 19.7. The highest BCUT2D eigenvalue weighted by atomic mass is 16.7. The maximum absolute atomic E-state index is 13.0. The van der Waals surface area contributed by atoms with Crippen molar-refractivity contribution in [3.63, 3.8) is 0 Å². The van der Waals surface area contributed by atoms with Crippen LogP contribution in [0.5, 0.6) is 0 Å². The number of hydrogen-bond donors (Lipinski definition) is 6. The molecule has 0 aromatic carbocycles. The minimum absolute atomic E-state index is 0.188. The smallest absolute Gasteiger partial charge is 0.220 e. The number of hydrogen-bond acceptors (Lipinski definition) is 8. The van der Waals surface area contributed by atoms with Crippen molar-refractivity contribution in [2.45, 2.75) is 301 Å². The standard InChI is InChI=1S/C58H107NO8/c1-3-5-7-9-11-13-15-17-19-21-23-25-26-28-29-31-33-35-37-39-41-43-45-47-52(61)51(50-66-58-57(65)56(64)55(63)53(49-60)67-58)59-54(62)48-46-44-42-40-38-36-34-32-30-27-24-22-20-18-16-14-12-10-8-6-4-2/h16,18,22,24,30,32,45,47,51-53,55-58,60-61,63-65H,3-15,17,19-21,23,25-29,31,33-44,46,48-50H2,1-2H3,(H,59,62)/b18-16-,24-22-,32-30-,47-45+. The van der Waals surface area contributed by atoms with E-state index in [2.05, 4.69) is 55.6 Å². The first-order valence-electron chi connectivity index (χ1n) is 28.4. The Morgan fingerprint density at radius 1 is 0.507 bits per heavy atom. The molecule has 9 heteroatoms. The van der Waals surface area contributed by atoms with Crippen LogP contribution in [0.4, 0.5) is 0 Å². The van der Waals surface area contributed by atoms with Gasteiger partial charge in [-0.1, -0.05) is 242 Å². The molecule has 1 amide bonds. The Morgan fingerprint density at radius 2 is 0.881 bits per heavy atom. The van der Waals surface area contributed by atoms with Crippen LogP contribution in [0.1, 0.15) is 258 Å². The molecule has 9 nitrogen and oxygen atoms in total. The quantitative estimate of drug-likeness (QED) is 0.0261. The van der Waals surface area contributed by atoms with E-state index in [0.29, 0.717) is 6.42 Å². The molecule has 0 aromatic heterocycles. The van der Waals surface area contributed by atoms with Gasteiger partial charge in [0.25, 0.3) is 0 Å². The Morgan fingerprint density at radius 3 is 1.30 bits per heavy atom. The molecule has 1 rings (SSSR count). The molecule has 0 aliphatic carbocycles. The summed E-state index contributed by atoms with van der Waals surface area (Å²) in [6.45, 7) is 3.78. The first kappa shape index (κ1) is 63.2. The van der Waals surface area contributed by atoms with Crippen molar-refractivity contribution < 1.29 is 39.8 Å². The van der Waals surface area contributed by atoms with Crippen LogP contribution in [-0.2, 0) is 14.3 Å². The van der Waals surface area contributed by atoms with Crippen molar-refractivity contribution in [1.29, 1.82) is 0 Å². The largest absolute Gasteiger partial charge is 0.394 e. The summed E-state index contributed by atoms with van der Waals surface area (Å²) in [5, 5.41) is 54.5. The number of aliphatic hydroxyl groups excluding tert-OH is 5. The molecule has 7 unspecified atom stereocenters. The lowest BCUT2D eigenvalue weighted by Gasteiger charge is -2.40. The van der Waals surface area contributed by atoms with Crippen LogP contribution in [0.25, 0.3) is 0 Å². The summed E-state index contributed by atoms with van der Waals surface area (Å²) in [5.41, 5.74) is 0. The molecule has 7 atom stereocenters. The highest BCUT2D eigenvalue weighted by Crippen LogP contribution is 2.23. The fourth-order valence-corrected chi connectivity index (χ4v) is 8.87. The van der Waals surface area contributed by atoms with Gasteiger partial charge in [-0.15, -0.1) is 0 Å². The number of ether oxygens (including phenoxy) is 2. The molecular weight excluding hydrogens is 839 g/mol. The molecule has 1 saturated heterocycles. The van der Waals surface area contributed by atoms with Crippen LogP contribution in [0.2, 0.25) is 0 Å². The normalized spacial score (nSPS) is 20.0. The van der Waals surface area contributed by atoms with E-state index < -0.39 is 49.5 Å². The highest BCUT2D eigenvalue weighted by Gasteiger charge is 2.44. The fourth-order valence-electron chi connectivity index (χ4n) is 8.87. The van der Waals surface area contributed by atoms with Gasteiger partial charge in [0.15, 0.2) is 6.29 Å². The van der Waals surface area contributed by atoms with Gasteiger partial charge in [-0.2, -0.15) is 0 Å². The zero-order chi connectivity index (χ0) is 48.7. The minimum Gasteiger partial charge on any atom is -0.394 e. The number of rotatable bonds is 48. The van der Waals surface area contributed by atoms with E-state index in [1.165, 1.54) is 173 Å². The second kappa shape index (κ2) is 47.8. The van der Waals surface area contributed by atoms with Gasteiger partial charge in [-0.05, 0) is 57.8 Å². The third-order valence-corrected chi connectivity index (χ3v) is 13.4. The van der Waals surface area contributed by atoms with E-state index in [0.717, 1.165) is 64.2 Å². The average molecular weight is 946 g/mol. The van der Waals surface area contributed by atoms with Crippen LogP contribution in [-0.4, -0.2) is 87.5 Å². The third kappa shape index (κ3) is 37.6. The van der Waals surface area contributed by atoms with Crippen LogP contribution < -0.4 is 5.32 Å². The molecule has 1 heterocycles. The van der Waals surface area contributed by atoms with Gasteiger partial charge >= 0.3 is 0 Å². The number of aliphatic hydroxyl groups is 5. The van der Waals surface area contributed by atoms with Gasteiger partial charge in [0.2, 0.25) is 5.91 Å². The lowest BCUT2D eigenvalue weighted by atomic mass is 9.99. The van der Waals surface area contributed by atoms with E-state index in [4.69, 9.17) is 9.47 Å². The molecular formula is C58H107NO8. The maximum Gasteiger partial charge on any atom is 0.220 e. The van der Waals surface area contributed by atoms with Crippen molar-refractivity contribution in [2.24, 2.45) is 0 Å². The summed E-state index contributed by atoms with van der Waals surface area (Å²) in [5.74, 6) is -0.188. The van der Waals surface area contributed by atoms with Crippen molar-refractivity contribution in [2.75, 3.05) is 13.2 Å². The van der Waals surface area contributed by atoms with Gasteiger partial charge in [0.05, 0.1) is 25.4 Å². The van der Waals surface area contributed by atoms with Crippen molar-refractivity contribution in [3.8, 4) is 0 Å². The van der Waals surface area contributed by atoms with Crippen molar-refractivity contribution >= 4 is 5.91 Å². The van der Waals surface area contributed by atoms with E-state index in [1.54, 1.807) is 6.08 Å². The summed E-state index contributed by atoms with van der Waals surface area (Å²) in [4.78, 5) is 13.0. The Bertz CT molecular complexity index is 1190. The molecule has 67 heavy (non-hydrogen) atoms. The summed E-state index contributed by atoms with van der Waals surface area (Å²) in [7, 11) is 0. The number of carbonyl (C=O) groups is 1. The Balaban J connectivity index is 2.27. The average Bonchev–Trinajstić information content (AvgIpc) is 3.33. The van der Waals surface area contributed by atoms with Crippen LogP contribution in [0.3, 0.4) is 0 Å². The summed E-state index contributed by atoms with van der Waals surface area (Å²) >= 11 is 0. The molecule has 0 aromatic rings. The van der Waals surface area contributed by atoms with E-state index in [-0.39, 0.29) is 12.5 Å². The van der Waals surface area contributed by atoms with Crippen molar-refractivity contribution in [1.82, 2.24) is 5.32 Å². The second-order valence-corrected chi connectivity index (χ2v) is 19.7. The number of unbranched alkanes of at least 4 members (excludes halogenated alkanes) is 32. The predicted molar refractivity (Wildman–Crippen MR) is 281 cm³/mol. The van der Waals surface area contributed by atoms with E-state index in [9.17, 15) is 30.3 Å². The van der Waals surface area contributed by atoms with Crippen molar-refractivity contribution in [3.05, 3.63) is 48.6 Å². The van der Waals surface area contributed by atoms with Gasteiger partial charge in [-0.3, -0.25) is 4.79 Å². The molecule has 1 fully saturated rings. The first-order valence-corrected chi connectivity index (χ1v) is 28.4. The van der Waals surface area contributed by atoms with Crippen LogP contribution >= 0.6 is 0 Å². The maximum atomic E-state index is 13.0. The number of allylic oxidation sites excluding steroid dienone is 7. The molecule has 1 aliphatic heterocycles. The SMILES string of the molecule is CCCCCCC/C=C\C/C=C\C/C=C\CCCCCCCCC(=O)NC(COC1OC(CO)C(O)C(O)C1O)C(O)/C=C/CCCCCCCCCCCCCCCCCCCCCCC. The van der Waals surface area contributed by atoms with Gasteiger partial charge in [-0.25, -0.2) is 0 Å². The first-order chi connectivity index (χ1) is 32.8. The van der Waals surface area contributed by atoms with E-state index in [1.807, 2.05) is 6.08 Å². The highest BCUT2D eigenvalue weighted by molar-refractivity contribution is 5.76. The van der Waals surface area contributed by atoms with Gasteiger partial charge in [0, 0.05) is 6.42 Å². The summed E-state index contributed by atoms with van der Waals surface area (Å²) in [6, 6.07) is -0.814. The minimum atomic E-state index is -1.57. The van der Waals surface area contributed by atoms with E-state index >= 15 is 0 Å². The molecule has 0 bridgehead atoms. The summed E-state index contributed by atoms with van der Waals surface area (Å²) < 4.78 is 11.3. The van der Waals surface area contributed by atoms with Crippen LogP contribution in [0.15, 0.2) is 48.6 Å². The lowest BCUT2D eigenvalue weighted by molar-refractivity contribution is -0.302. The monoisotopic (exact) mass is 946 g/mol. The van der Waals surface area contributed by atoms with Gasteiger partial charge < -0.3 is 40.3 Å². The molecule has 0 spiro atoms. The number of nitrogens with one attached hydrogen (secondary N) is 1. The third-order valence-electron chi connectivity index (χ3n) is 13.4. The number of carbonyl (C=O) groups excluding carboxylic acids is 1. The molecule has 0 radical (unpaired) electrons. The molecule has 6 N–H and O–H groups in total. The predicted octanol–water partition coefficient (Wildman–Crippen LogP) is 13.7. The molecule has 1 aliphatic rings. The summed E-state index contributed by atoms with van der Waals surface area (Å²) in [6.07, 6.45) is 55.9. The van der Waals surface area contributed by atoms with Gasteiger partial charge in [0.1, 0.15) is 24.4 Å². The fraction of sp³-hybridized carbons (Fsp3) is 0.845. The topological polar surface area (TPSA) is 149 Å². The molecule has 392 valence electrons. The molecule has 0 saturated carbocycles. The lowest BCUT2D eigenvalue weighted by Crippen LogP contribution is -2.60. The number of amides is 1. The zero-order valence-corrected chi connectivity index (χ0v) is 43.4. The van der Waals surface area contributed by atoms with Crippen LogP contribution in [0, 0.1) is 0 Å². The zero-order valence-electron chi connectivity index (χ0n) is 43.4. The Kier molecular flexibility index (Phi) is 45.1. The Hall–Kier alpha value is -1.85.